The molecule has 0 spiro atoms. The first kappa shape index (κ1) is 17.8. The van der Waals surface area contributed by atoms with Crippen molar-refractivity contribution in [2.75, 3.05) is 26.9 Å². The smallest absolute Gasteiger partial charge is 0.162 e. The molecule has 1 N–H and O–H groups in total. The average Bonchev–Trinajstić information content (AvgIpc) is 2.49. The SMILES string of the molecule is CCOc1cccc(CN(CCOC)C(CC)CC)c1O. The molecule has 21 heavy (non-hydrogen) atoms. The molecule has 0 aliphatic carbocycles. The summed E-state index contributed by atoms with van der Waals surface area (Å²) >= 11 is 0. The Balaban J connectivity index is 2.89. The van der Waals surface area contributed by atoms with Crippen molar-refractivity contribution in [3.05, 3.63) is 23.8 Å². The van der Waals surface area contributed by atoms with E-state index in [4.69, 9.17) is 9.47 Å². The molecule has 0 aliphatic rings. The second kappa shape index (κ2) is 9.64. The maximum atomic E-state index is 10.3. The van der Waals surface area contributed by atoms with E-state index < -0.39 is 0 Å². The van der Waals surface area contributed by atoms with E-state index in [0.717, 1.165) is 24.9 Å². The zero-order valence-electron chi connectivity index (χ0n) is 13.8. The molecule has 0 radical (unpaired) electrons. The molecule has 4 heteroatoms. The van der Waals surface area contributed by atoms with Gasteiger partial charge in [-0.2, -0.15) is 0 Å². The lowest BCUT2D eigenvalue weighted by atomic mass is 10.1. The maximum Gasteiger partial charge on any atom is 0.162 e. The molecule has 0 aromatic heterocycles. The van der Waals surface area contributed by atoms with Crippen LogP contribution in [0.3, 0.4) is 0 Å². The van der Waals surface area contributed by atoms with Crippen LogP contribution >= 0.6 is 0 Å². The lowest BCUT2D eigenvalue weighted by molar-refractivity contribution is 0.109. The summed E-state index contributed by atoms with van der Waals surface area (Å²) in [5, 5.41) is 10.3. The van der Waals surface area contributed by atoms with Crippen LogP contribution in [0, 0.1) is 0 Å². The van der Waals surface area contributed by atoms with Gasteiger partial charge in [0.15, 0.2) is 11.5 Å². The van der Waals surface area contributed by atoms with Crippen molar-refractivity contribution in [3.8, 4) is 11.5 Å². The molecule has 0 aliphatic heterocycles. The highest BCUT2D eigenvalue weighted by Gasteiger charge is 2.18. The van der Waals surface area contributed by atoms with Crippen molar-refractivity contribution in [3.63, 3.8) is 0 Å². The maximum absolute atomic E-state index is 10.3. The van der Waals surface area contributed by atoms with Crippen LogP contribution < -0.4 is 4.74 Å². The summed E-state index contributed by atoms with van der Waals surface area (Å²) in [5.74, 6) is 0.818. The fourth-order valence-electron chi connectivity index (χ4n) is 2.59. The van der Waals surface area contributed by atoms with Gasteiger partial charge in [-0.05, 0) is 25.8 Å². The van der Waals surface area contributed by atoms with Crippen LogP contribution in [0.25, 0.3) is 0 Å². The second-order valence-electron chi connectivity index (χ2n) is 5.13. The minimum Gasteiger partial charge on any atom is -0.504 e. The highest BCUT2D eigenvalue weighted by atomic mass is 16.5. The van der Waals surface area contributed by atoms with Crippen LogP contribution in [0.15, 0.2) is 18.2 Å². The molecule has 0 unspecified atom stereocenters. The molecule has 1 aromatic rings. The number of methoxy groups -OCH3 is 1. The zero-order valence-corrected chi connectivity index (χ0v) is 13.8. The van der Waals surface area contributed by atoms with Crippen LogP contribution in [0.4, 0.5) is 0 Å². The number of hydrogen-bond donors (Lipinski definition) is 1. The third kappa shape index (κ3) is 5.21. The Bertz CT molecular complexity index is 405. The predicted octanol–water partition coefficient (Wildman–Crippen LogP) is 3.43. The van der Waals surface area contributed by atoms with Gasteiger partial charge in [-0.3, -0.25) is 4.90 Å². The molecule has 120 valence electrons. The highest BCUT2D eigenvalue weighted by Crippen LogP contribution is 2.31. The standard InChI is InChI=1S/C17H29NO3/c1-5-15(6-2)18(11-12-20-4)13-14-9-8-10-16(17(14)19)21-7-3/h8-10,15,19H,5-7,11-13H2,1-4H3. The highest BCUT2D eigenvalue weighted by molar-refractivity contribution is 5.45. The van der Waals surface area contributed by atoms with Gasteiger partial charge < -0.3 is 14.6 Å². The summed E-state index contributed by atoms with van der Waals surface area (Å²) in [6.45, 7) is 9.14. The van der Waals surface area contributed by atoms with Gasteiger partial charge >= 0.3 is 0 Å². The minimum atomic E-state index is 0.257. The van der Waals surface area contributed by atoms with Crippen LogP contribution in [0.5, 0.6) is 11.5 Å². The van der Waals surface area contributed by atoms with Crippen molar-refractivity contribution in [1.29, 1.82) is 0 Å². The summed E-state index contributed by atoms with van der Waals surface area (Å²) in [4.78, 5) is 2.37. The summed E-state index contributed by atoms with van der Waals surface area (Å²) < 4.78 is 10.7. The molecule has 0 saturated heterocycles. The molecule has 1 aromatic carbocycles. The third-order valence-electron chi connectivity index (χ3n) is 3.80. The lowest BCUT2D eigenvalue weighted by Crippen LogP contribution is -2.36. The van der Waals surface area contributed by atoms with Gasteiger partial charge in [0.05, 0.1) is 13.2 Å². The summed E-state index contributed by atoms with van der Waals surface area (Å²) in [5.41, 5.74) is 0.906. The first-order chi connectivity index (χ1) is 10.2. The molecule has 0 heterocycles. The number of phenolic OH excluding ortho intramolecular Hbond substituents is 1. The minimum absolute atomic E-state index is 0.257. The molecule has 0 fully saturated rings. The Labute approximate surface area is 128 Å². The lowest BCUT2D eigenvalue weighted by Gasteiger charge is -2.30. The van der Waals surface area contributed by atoms with Crippen molar-refractivity contribution in [2.24, 2.45) is 0 Å². The van der Waals surface area contributed by atoms with Gasteiger partial charge in [-0.1, -0.05) is 26.0 Å². The monoisotopic (exact) mass is 295 g/mol. The van der Waals surface area contributed by atoms with E-state index in [0.29, 0.717) is 31.5 Å². The van der Waals surface area contributed by atoms with E-state index in [-0.39, 0.29) is 5.75 Å². The first-order valence-electron chi connectivity index (χ1n) is 7.84. The Morgan fingerprint density at radius 3 is 2.48 bits per heavy atom. The number of aromatic hydroxyl groups is 1. The summed E-state index contributed by atoms with van der Waals surface area (Å²) in [6.07, 6.45) is 2.18. The van der Waals surface area contributed by atoms with Crippen LogP contribution in [-0.4, -0.2) is 42.9 Å². The molecule has 4 nitrogen and oxygen atoms in total. The quantitative estimate of drug-likeness (QED) is 0.718. The number of para-hydroxylation sites is 1. The number of nitrogens with zero attached hydrogens (tertiary/aromatic N) is 1. The Morgan fingerprint density at radius 1 is 1.19 bits per heavy atom. The van der Waals surface area contributed by atoms with Gasteiger partial charge in [0.1, 0.15) is 0 Å². The van der Waals surface area contributed by atoms with E-state index in [2.05, 4.69) is 18.7 Å². The van der Waals surface area contributed by atoms with Crippen molar-refractivity contribution < 1.29 is 14.6 Å². The van der Waals surface area contributed by atoms with Crippen molar-refractivity contribution in [1.82, 2.24) is 4.90 Å². The van der Waals surface area contributed by atoms with Crippen LogP contribution in [0.1, 0.15) is 39.2 Å². The van der Waals surface area contributed by atoms with Gasteiger partial charge in [0.2, 0.25) is 0 Å². The summed E-state index contributed by atoms with van der Waals surface area (Å²) in [7, 11) is 1.72. The van der Waals surface area contributed by atoms with E-state index in [1.165, 1.54) is 0 Å². The van der Waals surface area contributed by atoms with Crippen LogP contribution in [-0.2, 0) is 11.3 Å². The van der Waals surface area contributed by atoms with Gasteiger partial charge in [-0.15, -0.1) is 0 Å². The average molecular weight is 295 g/mol. The van der Waals surface area contributed by atoms with E-state index >= 15 is 0 Å². The normalized spacial score (nSPS) is 11.3. The number of rotatable bonds is 10. The van der Waals surface area contributed by atoms with E-state index in [1.807, 2.05) is 19.1 Å². The molecule has 0 bridgehead atoms. The Morgan fingerprint density at radius 2 is 1.90 bits per heavy atom. The van der Waals surface area contributed by atoms with Gasteiger partial charge in [0, 0.05) is 31.8 Å². The number of phenols is 1. The second-order valence-corrected chi connectivity index (χ2v) is 5.13. The summed E-state index contributed by atoms with van der Waals surface area (Å²) in [6, 6.07) is 6.19. The predicted molar refractivity (Wildman–Crippen MR) is 85.9 cm³/mol. The Kier molecular flexibility index (Phi) is 8.16. The first-order valence-corrected chi connectivity index (χ1v) is 7.84. The Hall–Kier alpha value is -1.26. The topological polar surface area (TPSA) is 41.9 Å². The van der Waals surface area contributed by atoms with Crippen LogP contribution in [0.2, 0.25) is 0 Å². The molecule has 0 amide bonds. The zero-order chi connectivity index (χ0) is 15.7. The number of hydrogen-bond acceptors (Lipinski definition) is 4. The molecular weight excluding hydrogens is 266 g/mol. The third-order valence-corrected chi connectivity index (χ3v) is 3.80. The van der Waals surface area contributed by atoms with Crippen molar-refractivity contribution in [2.45, 2.75) is 46.2 Å². The van der Waals surface area contributed by atoms with Gasteiger partial charge in [-0.25, -0.2) is 0 Å². The van der Waals surface area contributed by atoms with E-state index in [9.17, 15) is 5.11 Å². The molecule has 1 rings (SSSR count). The number of ether oxygens (including phenoxy) is 2. The van der Waals surface area contributed by atoms with E-state index in [1.54, 1.807) is 13.2 Å². The number of benzene rings is 1. The molecule has 0 atom stereocenters. The molecule has 0 saturated carbocycles. The molecular formula is C17H29NO3. The fraction of sp³-hybridized carbons (Fsp3) is 0.647. The van der Waals surface area contributed by atoms with Gasteiger partial charge in [0.25, 0.3) is 0 Å². The fourth-order valence-corrected chi connectivity index (χ4v) is 2.59. The van der Waals surface area contributed by atoms with Crippen molar-refractivity contribution >= 4 is 0 Å². The largest absolute Gasteiger partial charge is 0.504 e.